The van der Waals surface area contributed by atoms with Crippen molar-refractivity contribution >= 4 is 9.84 Å². The number of aromatic nitrogens is 1. The van der Waals surface area contributed by atoms with Crippen molar-refractivity contribution in [1.82, 2.24) is 9.88 Å². The topological polar surface area (TPSA) is 59.5 Å². The van der Waals surface area contributed by atoms with Gasteiger partial charge in [-0.3, -0.25) is 9.88 Å². The number of sulfone groups is 1. The Hall–Kier alpha value is -1.92. The lowest BCUT2D eigenvalue weighted by atomic mass is 10.1. The normalized spacial score (nSPS) is 19.5. The van der Waals surface area contributed by atoms with Crippen LogP contribution >= 0.6 is 0 Å². The van der Waals surface area contributed by atoms with Crippen molar-refractivity contribution < 1.29 is 13.2 Å². The minimum absolute atomic E-state index is 0.113. The van der Waals surface area contributed by atoms with Gasteiger partial charge in [0.1, 0.15) is 11.5 Å². The molecule has 3 rings (SSSR count). The van der Waals surface area contributed by atoms with E-state index in [0.717, 1.165) is 29.8 Å². The average molecular weight is 346 g/mol. The number of hydrogen-bond donors (Lipinski definition) is 0. The van der Waals surface area contributed by atoms with Gasteiger partial charge < -0.3 is 4.74 Å². The Morgan fingerprint density at radius 1 is 1.33 bits per heavy atom. The van der Waals surface area contributed by atoms with Crippen LogP contribution in [-0.4, -0.2) is 42.9 Å². The summed E-state index contributed by atoms with van der Waals surface area (Å²) < 4.78 is 29.1. The van der Waals surface area contributed by atoms with Crippen molar-refractivity contribution in [2.75, 3.05) is 18.6 Å². The molecule has 6 heteroatoms. The van der Waals surface area contributed by atoms with Crippen LogP contribution < -0.4 is 4.74 Å². The zero-order valence-electron chi connectivity index (χ0n) is 14.0. The lowest BCUT2D eigenvalue weighted by Crippen LogP contribution is -2.32. The molecular formula is C18H22N2O3S. The van der Waals surface area contributed by atoms with Crippen LogP contribution in [0.15, 0.2) is 42.7 Å². The predicted molar refractivity (Wildman–Crippen MR) is 94.0 cm³/mol. The van der Waals surface area contributed by atoms with Crippen molar-refractivity contribution in [3.8, 4) is 11.5 Å². The van der Waals surface area contributed by atoms with E-state index in [9.17, 15) is 8.42 Å². The second-order valence-corrected chi connectivity index (χ2v) is 8.59. The quantitative estimate of drug-likeness (QED) is 0.833. The first-order chi connectivity index (χ1) is 11.4. The fourth-order valence-corrected chi connectivity index (χ4v) is 4.80. The monoisotopic (exact) mass is 346 g/mol. The van der Waals surface area contributed by atoms with Crippen LogP contribution in [0.1, 0.15) is 17.5 Å². The SMILES string of the molecule is Cc1cc(CN(C)[C@@H]2CCS(=O)(=O)C2)ccc1Oc1cccnc1. The van der Waals surface area contributed by atoms with Gasteiger partial charge in [0, 0.05) is 18.8 Å². The second-order valence-electron chi connectivity index (χ2n) is 6.36. The lowest BCUT2D eigenvalue weighted by Gasteiger charge is -2.23. The molecule has 0 unspecified atom stereocenters. The molecule has 0 aliphatic carbocycles. The zero-order valence-corrected chi connectivity index (χ0v) is 14.8. The van der Waals surface area contributed by atoms with E-state index in [1.807, 2.05) is 38.2 Å². The third kappa shape index (κ3) is 4.13. The Morgan fingerprint density at radius 2 is 2.17 bits per heavy atom. The van der Waals surface area contributed by atoms with Crippen LogP contribution in [0.4, 0.5) is 0 Å². The maximum atomic E-state index is 11.6. The molecular weight excluding hydrogens is 324 g/mol. The number of nitrogens with zero attached hydrogens (tertiary/aromatic N) is 2. The van der Waals surface area contributed by atoms with E-state index in [0.29, 0.717) is 11.5 Å². The van der Waals surface area contributed by atoms with Crippen LogP contribution in [-0.2, 0) is 16.4 Å². The van der Waals surface area contributed by atoms with E-state index in [1.165, 1.54) is 0 Å². The van der Waals surface area contributed by atoms with E-state index in [-0.39, 0.29) is 11.8 Å². The highest BCUT2D eigenvalue weighted by molar-refractivity contribution is 7.91. The first-order valence-corrected chi connectivity index (χ1v) is 9.83. The summed E-state index contributed by atoms with van der Waals surface area (Å²) in [5, 5.41) is 0. The lowest BCUT2D eigenvalue weighted by molar-refractivity contribution is 0.254. The predicted octanol–water partition coefficient (Wildman–Crippen LogP) is 2.80. The van der Waals surface area contributed by atoms with Gasteiger partial charge in [-0.15, -0.1) is 0 Å². The maximum absolute atomic E-state index is 11.6. The van der Waals surface area contributed by atoms with Crippen LogP contribution in [0.5, 0.6) is 11.5 Å². The van der Waals surface area contributed by atoms with Gasteiger partial charge in [0.05, 0.1) is 17.7 Å². The van der Waals surface area contributed by atoms with Gasteiger partial charge in [-0.05, 0) is 49.7 Å². The van der Waals surface area contributed by atoms with Gasteiger partial charge in [0.2, 0.25) is 0 Å². The van der Waals surface area contributed by atoms with Crippen LogP contribution in [0.3, 0.4) is 0 Å². The molecule has 0 amide bonds. The molecule has 1 aliphatic rings. The van der Waals surface area contributed by atoms with Gasteiger partial charge in [-0.2, -0.15) is 0 Å². The van der Waals surface area contributed by atoms with Crippen LogP contribution in [0.2, 0.25) is 0 Å². The molecule has 0 N–H and O–H groups in total. The summed E-state index contributed by atoms with van der Waals surface area (Å²) >= 11 is 0. The van der Waals surface area contributed by atoms with Crippen molar-refractivity contribution in [3.05, 3.63) is 53.9 Å². The summed E-state index contributed by atoms with van der Waals surface area (Å²) in [7, 11) is -0.863. The highest BCUT2D eigenvalue weighted by Gasteiger charge is 2.30. The molecule has 5 nitrogen and oxygen atoms in total. The third-order valence-electron chi connectivity index (χ3n) is 4.37. The summed E-state index contributed by atoms with van der Waals surface area (Å²) in [5.74, 6) is 2.09. The van der Waals surface area contributed by atoms with Crippen LogP contribution in [0, 0.1) is 6.92 Å². The zero-order chi connectivity index (χ0) is 17.2. The molecule has 1 aromatic heterocycles. The molecule has 24 heavy (non-hydrogen) atoms. The Bertz CT molecular complexity index is 806. The van der Waals surface area contributed by atoms with E-state index < -0.39 is 9.84 Å². The summed E-state index contributed by atoms with van der Waals surface area (Å²) in [4.78, 5) is 6.17. The molecule has 128 valence electrons. The standard InChI is InChI=1S/C18H22N2O3S/c1-14-10-15(12-20(2)16-7-9-24(21,22)13-16)5-6-18(14)23-17-4-3-8-19-11-17/h3-6,8,10-11,16H,7,9,12-13H2,1-2H3/t16-/m1/s1. The molecule has 2 heterocycles. The van der Waals surface area contributed by atoms with Crippen molar-refractivity contribution in [2.24, 2.45) is 0 Å². The number of aryl methyl sites for hydroxylation is 1. The molecule has 0 saturated carbocycles. The second kappa shape index (κ2) is 6.91. The number of hydrogen-bond acceptors (Lipinski definition) is 5. The molecule has 1 atom stereocenters. The summed E-state index contributed by atoms with van der Waals surface area (Å²) in [6.45, 7) is 2.74. The Balaban J connectivity index is 1.66. The molecule has 0 bridgehead atoms. The smallest absolute Gasteiger partial charge is 0.151 e. The van der Waals surface area contributed by atoms with Crippen LogP contribution in [0.25, 0.3) is 0 Å². The molecule has 0 radical (unpaired) electrons. The van der Waals surface area contributed by atoms with Crippen molar-refractivity contribution in [1.29, 1.82) is 0 Å². The van der Waals surface area contributed by atoms with E-state index in [4.69, 9.17) is 4.74 Å². The van der Waals surface area contributed by atoms with Gasteiger partial charge in [-0.1, -0.05) is 12.1 Å². The van der Waals surface area contributed by atoms with E-state index in [2.05, 4.69) is 16.0 Å². The number of pyridine rings is 1. The van der Waals surface area contributed by atoms with Gasteiger partial charge in [-0.25, -0.2) is 8.42 Å². The first kappa shape index (κ1) is 16.9. The van der Waals surface area contributed by atoms with Gasteiger partial charge in [0.25, 0.3) is 0 Å². The third-order valence-corrected chi connectivity index (χ3v) is 6.12. The molecule has 1 aromatic carbocycles. The highest BCUT2D eigenvalue weighted by Crippen LogP contribution is 2.26. The average Bonchev–Trinajstić information content (AvgIpc) is 2.91. The Morgan fingerprint density at radius 3 is 2.79 bits per heavy atom. The number of rotatable bonds is 5. The fourth-order valence-electron chi connectivity index (χ4n) is 3.00. The molecule has 1 saturated heterocycles. The fraction of sp³-hybridized carbons (Fsp3) is 0.389. The maximum Gasteiger partial charge on any atom is 0.151 e. The first-order valence-electron chi connectivity index (χ1n) is 8.01. The molecule has 0 spiro atoms. The number of benzene rings is 1. The highest BCUT2D eigenvalue weighted by atomic mass is 32.2. The minimum Gasteiger partial charge on any atom is -0.455 e. The van der Waals surface area contributed by atoms with Gasteiger partial charge in [0.15, 0.2) is 9.84 Å². The molecule has 2 aromatic rings. The van der Waals surface area contributed by atoms with Gasteiger partial charge >= 0.3 is 0 Å². The van der Waals surface area contributed by atoms with Crippen molar-refractivity contribution in [3.63, 3.8) is 0 Å². The molecule has 1 aliphatic heterocycles. The largest absolute Gasteiger partial charge is 0.455 e. The summed E-state index contributed by atoms with van der Waals surface area (Å²) in [5.41, 5.74) is 2.20. The van der Waals surface area contributed by atoms with E-state index >= 15 is 0 Å². The minimum atomic E-state index is -2.85. The van der Waals surface area contributed by atoms with E-state index in [1.54, 1.807) is 12.4 Å². The Labute approximate surface area is 143 Å². The Kier molecular flexibility index (Phi) is 4.87. The molecule has 1 fully saturated rings. The van der Waals surface area contributed by atoms with Crippen molar-refractivity contribution in [2.45, 2.75) is 25.9 Å². The summed E-state index contributed by atoms with van der Waals surface area (Å²) in [6, 6.07) is 9.89. The number of ether oxygens (including phenoxy) is 1. The summed E-state index contributed by atoms with van der Waals surface area (Å²) in [6.07, 6.45) is 4.11.